The Kier molecular flexibility index (Phi) is 4.22. The first-order valence-corrected chi connectivity index (χ1v) is 6.95. The normalized spacial score (nSPS) is 20.4. The Morgan fingerprint density at radius 2 is 1.82 bits per heavy atom. The van der Waals surface area contributed by atoms with Crippen LogP contribution in [0.15, 0.2) is 30.3 Å². The lowest BCUT2D eigenvalue weighted by Crippen LogP contribution is -2.31. The van der Waals surface area contributed by atoms with E-state index in [1.807, 2.05) is 0 Å². The predicted molar refractivity (Wildman–Crippen MR) is 74.3 cm³/mol. The van der Waals surface area contributed by atoms with E-state index >= 15 is 0 Å². The van der Waals surface area contributed by atoms with Gasteiger partial charge in [-0.1, -0.05) is 57.0 Å². The van der Waals surface area contributed by atoms with Gasteiger partial charge in [-0.2, -0.15) is 0 Å². The van der Waals surface area contributed by atoms with Crippen molar-refractivity contribution >= 4 is 0 Å². The average Bonchev–Trinajstić information content (AvgIpc) is 2.77. The largest absolute Gasteiger partial charge is 0.316 e. The highest BCUT2D eigenvalue weighted by Gasteiger charge is 2.27. The zero-order valence-corrected chi connectivity index (χ0v) is 11.2. The van der Waals surface area contributed by atoms with Crippen molar-refractivity contribution in [1.82, 2.24) is 5.32 Å². The minimum Gasteiger partial charge on any atom is -0.316 e. The van der Waals surface area contributed by atoms with Gasteiger partial charge in [-0.25, -0.2) is 0 Å². The Morgan fingerprint density at radius 1 is 1.18 bits per heavy atom. The van der Waals surface area contributed by atoms with Gasteiger partial charge in [0, 0.05) is 13.1 Å². The minimum absolute atomic E-state index is 0.566. The molecule has 0 saturated heterocycles. The van der Waals surface area contributed by atoms with Crippen LogP contribution in [0.2, 0.25) is 0 Å². The molecule has 1 aromatic rings. The summed E-state index contributed by atoms with van der Waals surface area (Å²) in [6.45, 7) is 7.02. The maximum absolute atomic E-state index is 3.67. The second kappa shape index (κ2) is 5.68. The van der Waals surface area contributed by atoms with Crippen LogP contribution >= 0.6 is 0 Å². The lowest BCUT2D eigenvalue weighted by molar-refractivity contribution is 0.313. The van der Waals surface area contributed by atoms with Crippen LogP contribution in [-0.4, -0.2) is 13.1 Å². The van der Waals surface area contributed by atoms with Gasteiger partial charge in [-0.15, -0.1) is 0 Å². The van der Waals surface area contributed by atoms with Crippen LogP contribution in [-0.2, 0) is 0 Å². The Bertz CT molecular complexity index is 325. The van der Waals surface area contributed by atoms with E-state index < -0.39 is 0 Å². The molecule has 1 N–H and O–H groups in total. The van der Waals surface area contributed by atoms with Gasteiger partial charge < -0.3 is 5.32 Å². The second-order valence-corrected chi connectivity index (χ2v) is 5.96. The van der Waals surface area contributed by atoms with Crippen molar-refractivity contribution in [3.63, 3.8) is 0 Å². The highest BCUT2D eigenvalue weighted by Crippen LogP contribution is 2.36. The van der Waals surface area contributed by atoms with Crippen molar-refractivity contribution in [3.8, 4) is 0 Å². The topological polar surface area (TPSA) is 12.0 Å². The summed E-state index contributed by atoms with van der Waals surface area (Å²) in [5.74, 6) is 0.612. The molecule has 0 radical (unpaired) electrons. The van der Waals surface area contributed by atoms with E-state index in [-0.39, 0.29) is 0 Å². The second-order valence-electron chi connectivity index (χ2n) is 5.96. The van der Waals surface area contributed by atoms with Crippen LogP contribution < -0.4 is 5.32 Å². The fraction of sp³-hybridized carbons (Fsp3) is 0.625. The van der Waals surface area contributed by atoms with E-state index in [9.17, 15) is 0 Å². The molecule has 1 atom stereocenters. The summed E-state index contributed by atoms with van der Waals surface area (Å²) in [5, 5.41) is 3.67. The molecule has 0 amide bonds. The third-order valence-corrected chi connectivity index (χ3v) is 4.18. The van der Waals surface area contributed by atoms with Crippen molar-refractivity contribution < 1.29 is 0 Å². The molecule has 1 aliphatic carbocycles. The molecule has 0 heterocycles. The monoisotopic (exact) mass is 231 g/mol. The van der Waals surface area contributed by atoms with Gasteiger partial charge in [0.1, 0.15) is 0 Å². The van der Waals surface area contributed by atoms with Gasteiger partial charge in [-0.3, -0.25) is 0 Å². The first-order chi connectivity index (χ1) is 8.20. The van der Waals surface area contributed by atoms with Gasteiger partial charge in [-0.05, 0) is 29.7 Å². The highest BCUT2D eigenvalue weighted by atomic mass is 14.9. The molecule has 1 aliphatic rings. The van der Waals surface area contributed by atoms with E-state index in [4.69, 9.17) is 0 Å². The van der Waals surface area contributed by atoms with Gasteiger partial charge in [0.2, 0.25) is 0 Å². The smallest absolute Gasteiger partial charge is 0.00177 e. The molecule has 1 nitrogen and oxygen atoms in total. The quantitative estimate of drug-likeness (QED) is 0.809. The van der Waals surface area contributed by atoms with E-state index in [0.717, 1.165) is 6.54 Å². The summed E-state index contributed by atoms with van der Waals surface area (Å²) in [6, 6.07) is 10.8. The minimum atomic E-state index is 0.566. The summed E-state index contributed by atoms with van der Waals surface area (Å²) >= 11 is 0. The van der Waals surface area contributed by atoms with Crippen LogP contribution in [0.1, 0.15) is 51.0 Å². The van der Waals surface area contributed by atoms with Crippen LogP contribution in [0.25, 0.3) is 0 Å². The lowest BCUT2D eigenvalue weighted by atomic mass is 9.88. The van der Waals surface area contributed by atoms with E-state index in [1.54, 1.807) is 0 Å². The summed E-state index contributed by atoms with van der Waals surface area (Å²) in [4.78, 5) is 0. The molecule has 0 aliphatic heterocycles. The molecular weight excluding hydrogens is 206 g/mol. The molecule has 1 fully saturated rings. The van der Waals surface area contributed by atoms with Gasteiger partial charge in [0.05, 0.1) is 0 Å². The third kappa shape index (κ3) is 3.57. The SMILES string of the molecule is CC(CNCC1(C)CCCC1)c1ccccc1. The Hall–Kier alpha value is -0.820. The molecule has 0 aromatic heterocycles. The summed E-state index contributed by atoms with van der Waals surface area (Å²) in [5.41, 5.74) is 2.01. The number of rotatable bonds is 5. The van der Waals surface area contributed by atoms with Crippen LogP contribution in [0.5, 0.6) is 0 Å². The fourth-order valence-corrected chi connectivity index (χ4v) is 2.90. The summed E-state index contributed by atoms with van der Waals surface area (Å²) in [7, 11) is 0. The number of nitrogens with one attached hydrogen (secondary N) is 1. The highest BCUT2D eigenvalue weighted by molar-refractivity contribution is 5.18. The van der Waals surface area contributed by atoms with Gasteiger partial charge in [0.15, 0.2) is 0 Å². The molecule has 1 saturated carbocycles. The standard InChI is InChI=1S/C16H25N/c1-14(15-8-4-3-5-9-15)12-17-13-16(2)10-6-7-11-16/h3-5,8-9,14,17H,6-7,10-13H2,1-2H3. The van der Waals surface area contributed by atoms with Crippen molar-refractivity contribution in [2.24, 2.45) is 5.41 Å². The number of benzene rings is 1. The van der Waals surface area contributed by atoms with Crippen molar-refractivity contribution in [2.75, 3.05) is 13.1 Å². The van der Waals surface area contributed by atoms with Crippen molar-refractivity contribution in [1.29, 1.82) is 0 Å². The fourth-order valence-electron chi connectivity index (χ4n) is 2.90. The number of hydrogen-bond donors (Lipinski definition) is 1. The zero-order chi connectivity index (χ0) is 12.1. The Morgan fingerprint density at radius 3 is 2.47 bits per heavy atom. The zero-order valence-electron chi connectivity index (χ0n) is 11.2. The molecule has 94 valence electrons. The average molecular weight is 231 g/mol. The molecule has 1 unspecified atom stereocenters. The van der Waals surface area contributed by atoms with Crippen LogP contribution in [0.4, 0.5) is 0 Å². The van der Waals surface area contributed by atoms with E-state index in [2.05, 4.69) is 49.5 Å². The molecule has 2 rings (SSSR count). The molecule has 1 aromatic carbocycles. The maximum atomic E-state index is 3.67. The van der Waals surface area contributed by atoms with Gasteiger partial charge in [0.25, 0.3) is 0 Å². The van der Waals surface area contributed by atoms with Crippen LogP contribution in [0, 0.1) is 5.41 Å². The number of hydrogen-bond acceptors (Lipinski definition) is 1. The molecule has 1 heteroatoms. The molecule has 0 bridgehead atoms. The summed E-state index contributed by atoms with van der Waals surface area (Å²) < 4.78 is 0. The third-order valence-electron chi connectivity index (χ3n) is 4.18. The molecule has 17 heavy (non-hydrogen) atoms. The van der Waals surface area contributed by atoms with Gasteiger partial charge >= 0.3 is 0 Å². The predicted octanol–water partition coefficient (Wildman–Crippen LogP) is 3.96. The van der Waals surface area contributed by atoms with E-state index in [1.165, 1.54) is 37.8 Å². The maximum Gasteiger partial charge on any atom is 0.00177 e. The summed E-state index contributed by atoms with van der Waals surface area (Å²) in [6.07, 6.45) is 5.65. The molecule has 0 spiro atoms. The van der Waals surface area contributed by atoms with Crippen molar-refractivity contribution in [3.05, 3.63) is 35.9 Å². The Balaban J connectivity index is 1.75. The Labute approximate surface area is 106 Å². The first kappa shape index (κ1) is 12.6. The first-order valence-electron chi connectivity index (χ1n) is 6.95. The lowest BCUT2D eigenvalue weighted by Gasteiger charge is -2.25. The van der Waals surface area contributed by atoms with Crippen LogP contribution in [0.3, 0.4) is 0 Å². The van der Waals surface area contributed by atoms with Crippen molar-refractivity contribution in [2.45, 2.75) is 45.4 Å². The van der Waals surface area contributed by atoms with E-state index in [0.29, 0.717) is 11.3 Å². The molecular formula is C16H25N.